The Hall–Kier alpha value is -2.02. The van der Waals surface area contributed by atoms with Crippen molar-refractivity contribution in [1.82, 2.24) is 15.3 Å². The second-order valence-electron chi connectivity index (χ2n) is 4.92. The maximum Gasteiger partial charge on any atom is 0.311 e. The lowest BCUT2D eigenvalue weighted by Crippen LogP contribution is -2.46. The van der Waals surface area contributed by atoms with Gasteiger partial charge >= 0.3 is 5.97 Å². The van der Waals surface area contributed by atoms with E-state index in [4.69, 9.17) is 4.74 Å². The van der Waals surface area contributed by atoms with Gasteiger partial charge in [-0.25, -0.2) is 4.98 Å². The van der Waals surface area contributed by atoms with Crippen molar-refractivity contribution in [2.75, 3.05) is 19.8 Å². The van der Waals surface area contributed by atoms with Crippen LogP contribution >= 0.6 is 0 Å². The molecule has 0 radical (unpaired) electrons. The quantitative estimate of drug-likeness (QED) is 0.827. The Morgan fingerprint density at radius 2 is 2.05 bits per heavy atom. The highest BCUT2D eigenvalue weighted by atomic mass is 16.5. The van der Waals surface area contributed by atoms with Gasteiger partial charge in [-0.3, -0.25) is 14.6 Å². The second kappa shape index (κ2) is 5.96. The first-order valence-electron chi connectivity index (χ1n) is 6.41. The summed E-state index contributed by atoms with van der Waals surface area (Å²) < 4.78 is 5.18. The van der Waals surface area contributed by atoms with Gasteiger partial charge in [0.1, 0.15) is 5.69 Å². The highest BCUT2D eigenvalue weighted by Gasteiger charge is 2.40. The summed E-state index contributed by atoms with van der Waals surface area (Å²) in [6, 6.07) is 0. The number of hydrogen-bond acceptors (Lipinski definition) is 5. The zero-order valence-electron chi connectivity index (χ0n) is 11.3. The van der Waals surface area contributed by atoms with Crippen molar-refractivity contribution >= 4 is 11.9 Å². The van der Waals surface area contributed by atoms with E-state index in [9.17, 15) is 14.7 Å². The molecule has 1 fully saturated rings. The Morgan fingerprint density at radius 3 is 2.60 bits per heavy atom. The minimum atomic E-state index is -0.952. The van der Waals surface area contributed by atoms with Crippen molar-refractivity contribution in [2.24, 2.45) is 5.41 Å². The number of nitrogens with one attached hydrogen (secondary N) is 1. The first-order valence-corrected chi connectivity index (χ1v) is 6.41. The van der Waals surface area contributed by atoms with E-state index in [1.807, 2.05) is 0 Å². The summed E-state index contributed by atoms with van der Waals surface area (Å²) in [7, 11) is 0. The van der Waals surface area contributed by atoms with Crippen LogP contribution < -0.4 is 5.32 Å². The minimum absolute atomic E-state index is 0.0695. The maximum absolute atomic E-state index is 11.9. The van der Waals surface area contributed by atoms with Crippen molar-refractivity contribution in [3.05, 3.63) is 23.8 Å². The smallest absolute Gasteiger partial charge is 0.311 e. The van der Waals surface area contributed by atoms with E-state index in [0.29, 0.717) is 31.7 Å². The lowest BCUT2D eigenvalue weighted by molar-refractivity contribution is -0.154. The molecule has 2 heterocycles. The summed E-state index contributed by atoms with van der Waals surface area (Å²) in [6.45, 7) is 2.63. The summed E-state index contributed by atoms with van der Waals surface area (Å²) >= 11 is 0. The molecule has 0 saturated carbocycles. The van der Waals surface area contributed by atoms with Crippen molar-refractivity contribution in [2.45, 2.75) is 19.8 Å². The SMILES string of the molecule is Cc1cnc(C(=O)NCC2(C(=O)O)CCOCC2)cn1. The van der Waals surface area contributed by atoms with Gasteiger partial charge in [-0.2, -0.15) is 0 Å². The fraction of sp³-hybridized carbons (Fsp3) is 0.538. The van der Waals surface area contributed by atoms with E-state index in [-0.39, 0.29) is 12.2 Å². The van der Waals surface area contributed by atoms with Gasteiger partial charge in [0.2, 0.25) is 0 Å². The van der Waals surface area contributed by atoms with Gasteiger partial charge in [-0.1, -0.05) is 0 Å². The number of rotatable bonds is 4. The van der Waals surface area contributed by atoms with E-state index in [1.165, 1.54) is 12.4 Å². The molecule has 1 saturated heterocycles. The fourth-order valence-corrected chi connectivity index (χ4v) is 2.08. The summed E-state index contributed by atoms with van der Waals surface area (Å²) in [5.41, 5.74) is -0.0531. The third-order valence-corrected chi connectivity index (χ3v) is 3.50. The number of aromatic nitrogens is 2. The number of carboxylic acid groups (broad SMARTS) is 1. The molecule has 1 aromatic heterocycles. The first kappa shape index (κ1) is 14.4. The number of amides is 1. The van der Waals surface area contributed by atoms with E-state index >= 15 is 0 Å². The molecule has 20 heavy (non-hydrogen) atoms. The van der Waals surface area contributed by atoms with Crippen molar-refractivity contribution in [3.8, 4) is 0 Å². The van der Waals surface area contributed by atoms with E-state index in [1.54, 1.807) is 6.92 Å². The van der Waals surface area contributed by atoms with Gasteiger partial charge in [0.05, 0.1) is 17.3 Å². The van der Waals surface area contributed by atoms with Gasteiger partial charge in [0.25, 0.3) is 5.91 Å². The Morgan fingerprint density at radius 1 is 1.35 bits per heavy atom. The number of aryl methyl sites for hydroxylation is 1. The number of carbonyl (C=O) groups is 2. The van der Waals surface area contributed by atoms with Crippen LogP contribution in [0.4, 0.5) is 0 Å². The van der Waals surface area contributed by atoms with Gasteiger partial charge in [-0.15, -0.1) is 0 Å². The van der Waals surface area contributed by atoms with Gasteiger partial charge in [0, 0.05) is 26.0 Å². The van der Waals surface area contributed by atoms with Gasteiger partial charge in [-0.05, 0) is 19.8 Å². The molecule has 0 bridgehead atoms. The molecule has 7 heteroatoms. The molecule has 0 aliphatic carbocycles. The first-order chi connectivity index (χ1) is 9.53. The third kappa shape index (κ3) is 3.11. The lowest BCUT2D eigenvalue weighted by Gasteiger charge is -2.33. The van der Waals surface area contributed by atoms with E-state index in [2.05, 4.69) is 15.3 Å². The molecule has 1 amide bonds. The van der Waals surface area contributed by atoms with Gasteiger partial charge < -0.3 is 15.2 Å². The largest absolute Gasteiger partial charge is 0.481 e. The summed E-state index contributed by atoms with van der Waals surface area (Å²) in [4.78, 5) is 31.3. The standard InChI is InChI=1S/C13H17N3O4/c1-9-6-15-10(7-14-9)11(17)16-8-13(12(18)19)2-4-20-5-3-13/h6-7H,2-5,8H2,1H3,(H,16,17)(H,18,19). The van der Waals surface area contributed by atoms with Crippen molar-refractivity contribution in [1.29, 1.82) is 0 Å². The van der Waals surface area contributed by atoms with E-state index in [0.717, 1.165) is 0 Å². The molecule has 0 atom stereocenters. The Bertz CT molecular complexity index is 495. The monoisotopic (exact) mass is 279 g/mol. The van der Waals surface area contributed by atoms with Crippen LogP contribution in [0.25, 0.3) is 0 Å². The molecule has 2 rings (SSSR count). The zero-order chi connectivity index (χ0) is 14.6. The number of nitrogens with zero attached hydrogens (tertiary/aromatic N) is 2. The average Bonchev–Trinajstić information content (AvgIpc) is 2.46. The topological polar surface area (TPSA) is 101 Å². The van der Waals surface area contributed by atoms with Crippen LogP contribution in [0.1, 0.15) is 29.0 Å². The lowest BCUT2D eigenvalue weighted by atomic mass is 9.80. The zero-order valence-corrected chi connectivity index (χ0v) is 11.3. The molecule has 108 valence electrons. The van der Waals surface area contributed by atoms with Crippen molar-refractivity contribution < 1.29 is 19.4 Å². The number of carbonyl (C=O) groups excluding carboxylic acids is 1. The highest BCUT2D eigenvalue weighted by Crippen LogP contribution is 2.30. The van der Waals surface area contributed by atoms with Crippen LogP contribution in [-0.4, -0.2) is 46.7 Å². The summed E-state index contributed by atoms with van der Waals surface area (Å²) in [6.07, 6.45) is 3.66. The Kier molecular flexibility index (Phi) is 4.29. The number of carboxylic acids is 1. The van der Waals surface area contributed by atoms with Crippen LogP contribution in [-0.2, 0) is 9.53 Å². The minimum Gasteiger partial charge on any atom is -0.481 e. The molecule has 1 aliphatic rings. The Labute approximate surface area is 116 Å². The Balaban J connectivity index is 2.00. The number of ether oxygens (including phenoxy) is 1. The second-order valence-corrected chi connectivity index (χ2v) is 4.92. The van der Waals surface area contributed by atoms with Crippen LogP contribution in [0.15, 0.2) is 12.4 Å². The molecular formula is C13H17N3O4. The summed E-state index contributed by atoms with van der Waals surface area (Å²) in [5, 5.41) is 12.0. The number of hydrogen-bond donors (Lipinski definition) is 2. The third-order valence-electron chi connectivity index (χ3n) is 3.50. The maximum atomic E-state index is 11.9. The molecule has 1 aliphatic heterocycles. The van der Waals surface area contributed by atoms with Crippen LogP contribution in [0, 0.1) is 12.3 Å². The molecular weight excluding hydrogens is 262 g/mol. The van der Waals surface area contributed by atoms with Gasteiger partial charge in [0.15, 0.2) is 0 Å². The van der Waals surface area contributed by atoms with Crippen LogP contribution in [0.2, 0.25) is 0 Å². The van der Waals surface area contributed by atoms with E-state index < -0.39 is 17.3 Å². The normalized spacial score (nSPS) is 17.4. The average molecular weight is 279 g/mol. The van der Waals surface area contributed by atoms with Crippen molar-refractivity contribution in [3.63, 3.8) is 0 Å². The molecule has 1 aromatic rings. The van der Waals surface area contributed by atoms with Crippen LogP contribution in [0.3, 0.4) is 0 Å². The molecule has 0 spiro atoms. The predicted molar refractivity (Wildman–Crippen MR) is 69.2 cm³/mol. The molecule has 7 nitrogen and oxygen atoms in total. The fourth-order valence-electron chi connectivity index (χ4n) is 2.08. The molecule has 0 aromatic carbocycles. The summed E-state index contributed by atoms with van der Waals surface area (Å²) in [5.74, 6) is -1.32. The van der Waals surface area contributed by atoms with Crippen LogP contribution in [0.5, 0.6) is 0 Å². The molecule has 0 unspecified atom stereocenters. The predicted octanol–water partition coefficient (Wildman–Crippen LogP) is 0.396. The highest BCUT2D eigenvalue weighted by molar-refractivity contribution is 5.92. The molecule has 2 N–H and O–H groups in total. The number of aliphatic carboxylic acids is 1.